The molecular formula is C28H24F3N3O3S. The highest BCUT2D eigenvalue weighted by atomic mass is 32.1. The van der Waals surface area contributed by atoms with Gasteiger partial charge in [-0.1, -0.05) is 24.3 Å². The number of nitrogens with one attached hydrogen (secondary N) is 1. The number of methoxy groups -OCH3 is 1. The first-order valence-electron chi connectivity index (χ1n) is 11.9. The van der Waals surface area contributed by atoms with Crippen molar-refractivity contribution in [3.8, 4) is 34.0 Å². The molecule has 0 fully saturated rings. The maximum absolute atomic E-state index is 12.4. The molecule has 5 aromatic rings. The van der Waals surface area contributed by atoms with Crippen LogP contribution in [0.5, 0.6) is 11.5 Å². The summed E-state index contributed by atoms with van der Waals surface area (Å²) in [7, 11) is 1.61. The lowest BCUT2D eigenvalue weighted by Gasteiger charge is -2.13. The Labute approximate surface area is 221 Å². The number of fused-ring (bicyclic) bond motifs is 1. The van der Waals surface area contributed by atoms with Crippen LogP contribution >= 0.6 is 11.3 Å². The van der Waals surface area contributed by atoms with Crippen LogP contribution in [0.1, 0.15) is 16.9 Å². The van der Waals surface area contributed by atoms with E-state index in [9.17, 15) is 13.2 Å². The Morgan fingerprint density at radius 1 is 0.974 bits per heavy atom. The first kappa shape index (κ1) is 25.6. The molecular weight excluding hydrogens is 515 g/mol. The van der Waals surface area contributed by atoms with E-state index in [0.717, 1.165) is 61.8 Å². The minimum Gasteiger partial charge on any atom is -0.496 e. The number of benzene rings is 2. The molecule has 6 nitrogen and oxygen atoms in total. The molecule has 196 valence electrons. The summed E-state index contributed by atoms with van der Waals surface area (Å²) < 4.78 is 52.0. The van der Waals surface area contributed by atoms with Crippen molar-refractivity contribution in [2.24, 2.45) is 0 Å². The van der Waals surface area contributed by atoms with Crippen molar-refractivity contribution in [2.45, 2.75) is 26.1 Å². The molecule has 0 atom stereocenters. The van der Waals surface area contributed by atoms with Crippen LogP contribution in [0.3, 0.4) is 0 Å². The third-order valence-electron chi connectivity index (χ3n) is 5.92. The van der Waals surface area contributed by atoms with Gasteiger partial charge in [0.1, 0.15) is 28.4 Å². The van der Waals surface area contributed by atoms with Crippen LogP contribution in [0.25, 0.3) is 32.7 Å². The molecule has 0 aliphatic rings. The van der Waals surface area contributed by atoms with Gasteiger partial charge in [0.05, 0.1) is 24.3 Å². The van der Waals surface area contributed by atoms with E-state index in [-0.39, 0.29) is 5.75 Å². The largest absolute Gasteiger partial charge is 0.573 e. The molecule has 0 amide bonds. The minimum absolute atomic E-state index is 0.257. The molecule has 3 heterocycles. The molecule has 0 bridgehead atoms. The Morgan fingerprint density at radius 2 is 1.76 bits per heavy atom. The number of hydrogen-bond donors (Lipinski definition) is 1. The summed E-state index contributed by atoms with van der Waals surface area (Å²) in [6.07, 6.45) is 0.109. The molecule has 0 unspecified atom stereocenters. The first-order chi connectivity index (χ1) is 18.3. The topological polar surface area (TPSA) is 69.4 Å². The van der Waals surface area contributed by atoms with E-state index < -0.39 is 6.36 Å². The highest BCUT2D eigenvalue weighted by Gasteiger charge is 2.31. The molecule has 1 N–H and O–H groups in total. The van der Waals surface area contributed by atoms with Crippen molar-refractivity contribution in [2.75, 3.05) is 19.0 Å². The second-order valence-electron chi connectivity index (χ2n) is 8.61. The van der Waals surface area contributed by atoms with Crippen molar-refractivity contribution in [1.82, 2.24) is 9.97 Å². The molecule has 2 aromatic carbocycles. The summed E-state index contributed by atoms with van der Waals surface area (Å²) in [5.74, 6) is 1.87. The summed E-state index contributed by atoms with van der Waals surface area (Å²) in [5, 5.41) is 4.46. The zero-order valence-corrected chi connectivity index (χ0v) is 21.4. The summed E-state index contributed by atoms with van der Waals surface area (Å²) >= 11 is 1.63. The van der Waals surface area contributed by atoms with Crippen LogP contribution in [0.15, 0.2) is 71.5 Å². The lowest BCUT2D eigenvalue weighted by atomic mass is 10.0. The summed E-state index contributed by atoms with van der Waals surface area (Å²) in [6.45, 7) is 2.74. The zero-order valence-electron chi connectivity index (χ0n) is 20.6. The van der Waals surface area contributed by atoms with E-state index >= 15 is 0 Å². The number of furan rings is 1. The van der Waals surface area contributed by atoms with Crippen molar-refractivity contribution in [3.05, 3.63) is 77.6 Å². The molecule has 0 saturated carbocycles. The van der Waals surface area contributed by atoms with Gasteiger partial charge in [-0.05, 0) is 66.8 Å². The van der Waals surface area contributed by atoms with Crippen LogP contribution < -0.4 is 14.8 Å². The van der Waals surface area contributed by atoms with E-state index in [1.165, 1.54) is 12.1 Å². The second kappa shape index (κ2) is 10.7. The van der Waals surface area contributed by atoms with Crippen LogP contribution in [-0.4, -0.2) is 30.0 Å². The van der Waals surface area contributed by atoms with Gasteiger partial charge < -0.3 is 19.2 Å². The lowest BCUT2D eigenvalue weighted by Crippen LogP contribution is -2.16. The normalized spacial score (nSPS) is 11.6. The Morgan fingerprint density at radius 3 is 2.47 bits per heavy atom. The molecule has 0 saturated heterocycles. The van der Waals surface area contributed by atoms with E-state index in [0.29, 0.717) is 12.4 Å². The number of aromatic nitrogens is 2. The van der Waals surface area contributed by atoms with Crippen LogP contribution in [0, 0.1) is 6.92 Å². The number of nitrogens with zero attached hydrogens (tertiary/aromatic N) is 2. The summed E-state index contributed by atoms with van der Waals surface area (Å²) in [6, 6.07) is 15.5. The van der Waals surface area contributed by atoms with E-state index in [1.807, 2.05) is 31.2 Å². The molecule has 0 aliphatic heterocycles. The third-order valence-corrected chi connectivity index (χ3v) is 6.86. The number of ether oxygens (including phenoxy) is 2. The van der Waals surface area contributed by atoms with Gasteiger partial charge in [0.25, 0.3) is 0 Å². The van der Waals surface area contributed by atoms with E-state index in [2.05, 4.69) is 21.1 Å². The molecule has 10 heteroatoms. The smallest absolute Gasteiger partial charge is 0.496 e. The molecule has 0 radical (unpaired) electrons. The number of thiophene rings is 1. The fraction of sp³-hybridized carbons (Fsp3) is 0.214. The van der Waals surface area contributed by atoms with Crippen molar-refractivity contribution >= 4 is 27.4 Å². The van der Waals surface area contributed by atoms with Gasteiger partial charge in [0.15, 0.2) is 5.82 Å². The highest BCUT2D eigenvalue weighted by Crippen LogP contribution is 2.32. The maximum Gasteiger partial charge on any atom is 0.573 e. The van der Waals surface area contributed by atoms with Gasteiger partial charge in [0, 0.05) is 11.4 Å². The van der Waals surface area contributed by atoms with Crippen molar-refractivity contribution in [1.29, 1.82) is 0 Å². The van der Waals surface area contributed by atoms with E-state index in [1.54, 1.807) is 43.1 Å². The monoisotopic (exact) mass is 539 g/mol. The number of aryl methyl sites for hydroxylation is 2. The first-order valence-corrected chi connectivity index (χ1v) is 12.7. The fourth-order valence-electron chi connectivity index (χ4n) is 4.16. The van der Waals surface area contributed by atoms with Crippen molar-refractivity contribution in [3.63, 3.8) is 0 Å². The lowest BCUT2D eigenvalue weighted by molar-refractivity contribution is -0.274. The predicted molar refractivity (Wildman–Crippen MR) is 142 cm³/mol. The third kappa shape index (κ3) is 5.91. The fourth-order valence-corrected chi connectivity index (χ4v) is 5.04. The van der Waals surface area contributed by atoms with E-state index in [4.69, 9.17) is 14.1 Å². The number of hydrogen-bond acceptors (Lipinski definition) is 7. The maximum atomic E-state index is 12.4. The highest BCUT2D eigenvalue weighted by molar-refractivity contribution is 7.18. The quantitative estimate of drug-likeness (QED) is 0.192. The van der Waals surface area contributed by atoms with Gasteiger partial charge in [0.2, 0.25) is 0 Å². The Balaban J connectivity index is 1.25. The number of rotatable bonds is 9. The van der Waals surface area contributed by atoms with Gasteiger partial charge in [-0.15, -0.1) is 24.5 Å². The molecule has 5 rings (SSSR count). The molecule has 0 aliphatic carbocycles. The Kier molecular flexibility index (Phi) is 7.24. The number of anilines is 1. The molecule has 0 spiro atoms. The molecule has 3 aromatic heterocycles. The standard InChI is InChI=1S/C28H24F3N3O3S/c1-17-14-23-26(33-25(34-27(23)38-17)21-11-13-36-16-21)32-12-3-4-19-5-6-20(15-24(19)35-2)18-7-9-22(10-8-18)37-28(29,30)31/h5-11,13-16H,3-4,12H2,1-2H3,(H,32,33,34). The second-order valence-corrected chi connectivity index (χ2v) is 9.85. The minimum atomic E-state index is -4.72. The van der Waals surface area contributed by atoms with Gasteiger partial charge in [-0.2, -0.15) is 0 Å². The number of alkyl halides is 3. The Bertz CT molecular complexity index is 1530. The average molecular weight is 540 g/mol. The van der Waals surface area contributed by atoms with Gasteiger partial charge in [-0.3, -0.25) is 0 Å². The van der Waals surface area contributed by atoms with Crippen molar-refractivity contribution < 1.29 is 27.1 Å². The Hall–Kier alpha value is -4.05. The average Bonchev–Trinajstić information content (AvgIpc) is 3.55. The van der Waals surface area contributed by atoms with Crippen LogP contribution in [0.2, 0.25) is 0 Å². The SMILES string of the molecule is COc1cc(-c2ccc(OC(F)(F)F)cc2)ccc1CCCNc1nc(-c2ccoc2)nc2sc(C)cc12. The summed E-state index contributed by atoms with van der Waals surface area (Å²) in [5.41, 5.74) is 3.46. The number of halogens is 3. The van der Waals surface area contributed by atoms with Gasteiger partial charge in [-0.25, -0.2) is 9.97 Å². The van der Waals surface area contributed by atoms with Gasteiger partial charge >= 0.3 is 6.36 Å². The van der Waals surface area contributed by atoms with Crippen LogP contribution in [0.4, 0.5) is 19.0 Å². The predicted octanol–water partition coefficient (Wildman–Crippen LogP) is 7.88. The van der Waals surface area contributed by atoms with Crippen LogP contribution in [-0.2, 0) is 6.42 Å². The molecule has 38 heavy (non-hydrogen) atoms. The zero-order chi connectivity index (χ0) is 26.7. The summed E-state index contributed by atoms with van der Waals surface area (Å²) in [4.78, 5) is 11.5.